The molecule has 25 heavy (non-hydrogen) atoms. The number of methoxy groups -OCH3 is 2. The average molecular weight is 346 g/mol. The van der Waals surface area contributed by atoms with Crippen LogP contribution in [0.4, 0.5) is 5.88 Å². The second kappa shape index (κ2) is 8.05. The maximum Gasteiger partial charge on any atom is 0.265 e. The van der Waals surface area contributed by atoms with Crippen LogP contribution in [0.5, 0.6) is 11.5 Å². The number of amides is 1. The van der Waals surface area contributed by atoms with Crippen LogP contribution in [-0.2, 0) is 5.41 Å². The summed E-state index contributed by atoms with van der Waals surface area (Å²) in [7, 11) is 3.02. The molecule has 1 N–H and O–H groups in total. The van der Waals surface area contributed by atoms with E-state index in [2.05, 4.69) is 31.2 Å². The van der Waals surface area contributed by atoms with Crippen LogP contribution in [0.15, 0.2) is 28.8 Å². The minimum Gasteiger partial charge on any atom is -0.496 e. The fourth-order valence-electron chi connectivity index (χ4n) is 3.13. The van der Waals surface area contributed by atoms with Crippen molar-refractivity contribution in [3.05, 3.63) is 35.5 Å². The molecule has 1 heterocycles. The molecule has 0 saturated heterocycles. The van der Waals surface area contributed by atoms with Gasteiger partial charge >= 0.3 is 0 Å². The number of hydrogen-bond donors (Lipinski definition) is 1. The van der Waals surface area contributed by atoms with Crippen LogP contribution >= 0.6 is 0 Å². The lowest BCUT2D eigenvalue weighted by atomic mass is 9.77. The van der Waals surface area contributed by atoms with Crippen molar-refractivity contribution in [1.29, 1.82) is 0 Å². The molecule has 6 nitrogen and oxygen atoms in total. The van der Waals surface area contributed by atoms with Gasteiger partial charge in [-0.3, -0.25) is 10.1 Å². The highest BCUT2D eigenvalue weighted by Gasteiger charge is 2.30. The Hall–Kier alpha value is -2.50. The van der Waals surface area contributed by atoms with E-state index in [1.165, 1.54) is 14.2 Å². The molecular formula is C19H26N2O4. The van der Waals surface area contributed by atoms with Crippen molar-refractivity contribution in [2.75, 3.05) is 19.5 Å². The topological polar surface area (TPSA) is 73.6 Å². The molecule has 136 valence electrons. The molecule has 0 bridgehead atoms. The summed E-state index contributed by atoms with van der Waals surface area (Å²) in [5.41, 5.74) is 1.15. The molecule has 0 aliphatic rings. The molecule has 2 rings (SSSR count). The summed E-state index contributed by atoms with van der Waals surface area (Å²) < 4.78 is 15.9. The normalized spacial score (nSPS) is 11.2. The Balaban J connectivity index is 2.29. The molecule has 1 aromatic heterocycles. The quantitative estimate of drug-likeness (QED) is 0.766. The number of benzene rings is 1. The maximum atomic E-state index is 12.7. The standard InChI is InChI=1S/C19H26N2O4/c1-6-19(7-2,8-3)15-12-16(25-21-15)20-18(22)17-13(23-4)10-9-11-14(17)24-5/h9-12H,6-8H2,1-5H3,(H,20,22). The van der Waals surface area contributed by atoms with Gasteiger partial charge in [-0.1, -0.05) is 32.0 Å². The average Bonchev–Trinajstić information content (AvgIpc) is 3.11. The number of aromatic nitrogens is 1. The van der Waals surface area contributed by atoms with Gasteiger partial charge in [-0.25, -0.2) is 0 Å². The first kappa shape index (κ1) is 18.8. The van der Waals surface area contributed by atoms with Crippen LogP contribution in [-0.4, -0.2) is 25.3 Å². The van der Waals surface area contributed by atoms with Crippen molar-refractivity contribution in [1.82, 2.24) is 5.16 Å². The first-order chi connectivity index (χ1) is 12.0. The minimum atomic E-state index is -0.368. The number of carbonyl (C=O) groups is 1. The highest BCUT2D eigenvalue weighted by atomic mass is 16.5. The van der Waals surface area contributed by atoms with Gasteiger partial charge in [-0.15, -0.1) is 0 Å². The second-order valence-electron chi connectivity index (χ2n) is 5.91. The number of hydrogen-bond acceptors (Lipinski definition) is 5. The van der Waals surface area contributed by atoms with Gasteiger partial charge in [-0.05, 0) is 31.4 Å². The van der Waals surface area contributed by atoms with E-state index in [4.69, 9.17) is 14.0 Å². The minimum absolute atomic E-state index is 0.0331. The molecule has 0 unspecified atom stereocenters. The van der Waals surface area contributed by atoms with Crippen molar-refractivity contribution in [3.63, 3.8) is 0 Å². The number of carbonyl (C=O) groups excluding carboxylic acids is 1. The molecule has 0 saturated carbocycles. The van der Waals surface area contributed by atoms with E-state index in [-0.39, 0.29) is 11.3 Å². The van der Waals surface area contributed by atoms with E-state index in [0.717, 1.165) is 25.0 Å². The van der Waals surface area contributed by atoms with Gasteiger partial charge in [-0.2, -0.15) is 0 Å². The molecule has 2 aromatic rings. The van der Waals surface area contributed by atoms with Gasteiger partial charge < -0.3 is 14.0 Å². The van der Waals surface area contributed by atoms with E-state index in [1.807, 2.05) is 0 Å². The van der Waals surface area contributed by atoms with E-state index in [9.17, 15) is 4.79 Å². The summed E-state index contributed by atoms with van der Waals surface area (Å²) in [6.07, 6.45) is 2.88. The molecule has 0 spiro atoms. The second-order valence-corrected chi connectivity index (χ2v) is 5.91. The summed E-state index contributed by atoms with van der Waals surface area (Å²) in [6, 6.07) is 6.98. The summed E-state index contributed by atoms with van der Waals surface area (Å²) >= 11 is 0. The van der Waals surface area contributed by atoms with Gasteiger partial charge in [0.2, 0.25) is 5.88 Å². The first-order valence-corrected chi connectivity index (χ1v) is 8.54. The van der Waals surface area contributed by atoms with Crippen LogP contribution in [0.25, 0.3) is 0 Å². The van der Waals surface area contributed by atoms with Crippen molar-refractivity contribution in [3.8, 4) is 11.5 Å². The zero-order chi connectivity index (χ0) is 18.4. The van der Waals surface area contributed by atoms with Gasteiger partial charge in [0.15, 0.2) is 0 Å². The third kappa shape index (κ3) is 3.62. The lowest BCUT2D eigenvalue weighted by Gasteiger charge is -2.27. The molecular weight excluding hydrogens is 320 g/mol. The van der Waals surface area contributed by atoms with E-state index >= 15 is 0 Å². The van der Waals surface area contributed by atoms with Gasteiger partial charge in [0.05, 0.1) is 19.9 Å². The molecule has 0 atom stereocenters. The Morgan fingerprint density at radius 3 is 2.16 bits per heavy atom. The van der Waals surface area contributed by atoms with E-state index in [0.29, 0.717) is 22.9 Å². The number of ether oxygens (including phenoxy) is 2. The van der Waals surface area contributed by atoms with E-state index < -0.39 is 0 Å². The Kier molecular flexibility index (Phi) is 6.07. The fourth-order valence-corrected chi connectivity index (χ4v) is 3.13. The first-order valence-electron chi connectivity index (χ1n) is 8.54. The smallest absolute Gasteiger partial charge is 0.265 e. The number of rotatable bonds is 8. The number of nitrogens with one attached hydrogen (secondary N) is 1. The van der Waals surface area contributed by atoms with Crippen molar-refractivity contribution in [2.24, 2.45) is 0 Å². The zero-order valence-corrected chi connectivity index (χ0v) is 15.5. The summed E-state index contributed by atoms with van der Waals surface area (Å²) in [6.45, 7) is 6.42. The van der Waals surface area contributed by atoms with Gasteiger partial charge in [0.1, 0.15) is 17.1 Å². The lowest BCUT2D eigenvalue weighted by Crippen LogP contribution is -2.23. The lowest BCUT2D eigenvalue weighted by molar-refractivity contribution is 0.101. The van der Waals surface area contributed by atoms with Gasteiger partial charge in [0.25, 0.3) is 5.91 Å². The third-order valence-corrected chi connectivity index (χ3v) is 4.98. The van der Waals surface area contributed by atoms with Crippen molar-refractivity contribution in [2.45, 2.75) is 45.4 Å². The SMILES string of the molecule is CCC(CC)(CC)c1cc(NC(=O)c2c(OC)cccc2OC)on1. The number of anilines is 1. The third-order valence-electron chi connectivity index (χ3n) is 4.98. The number of nitrogens with zero attached hydrogens (tertiary/aromatic N) is 1. The molecule has 1 amide bonds. The van der Waals surface area contributed by atoms with Crippen molar-refractivity contribution >= 4 is 11.8 Å². The van der Waals surface area contributed by atoms with Crippen LogP contribution in [0, 0.1) is 0 Å². The monoisotopic (exact) mass is 346 g/mol. The maximum absolute atomic E-state index is 12.7. The Morgan fingerprint density at radius 2 is 1.68 bits per heavy atom. The Labute approximate surface area is 148 Å². The molecule has 6 heteroatoms. The highest BCUT2D eigenvalue weighted by Crippen LogP contribution is 2.36. The summed E-state index contributed by atoms with van der Waals surface area (Å²) in [4.78, 5) is 12.7. The Morgan fingerprint density at radius 1 is 1.12 bits per heavy atom. The molecule has 0 aliphatic heterocycles. The fraction of sp³-hybridized carbons (Fsp3) is 0.474. The molecule has 0 aliphatic carbocycles. The Bertz CT molecular complexity index is 689. The largest absolute Gasteiger partial charge is 0.496 e. The van der Waals surface area contributed by atoms with Crippen LogP contribution in [0.1, 0.15) is 56.1 Å². The predicted molar refractivity (Wildman–Crippen MR) is 96.6 cm³/mol. The van der Waals surface area contributed by atoms with E-state index in [1.54, 1.807) is 24.3 Å². The van der Waals surface area contributed by atoms with Crippen LogP contribution < -0.4 is 14.8 Å². The summed E-state index contributed by atoms with van der Waals surface area (Å²) in [5, 5.41) is 6.93. The summed E-state index contributed by atoms with van der Waals surface area (Å²) in [5.74, 6) is 0.808. The molecule has 0 fully saturated rings. The van der Waals surface area contributed by atoms with Crippen molar-refractivity contribution < 1.29 is 18.8 Å². The molecule has 1 aromatic carbocycles. The van der Waals surface area contributed by atoms with Crippen LogP contribution in [0.2, 0.25) is 0 Å². The predicted octanol–water partition coefficient (Wildman–Crippen LogP) is 4.41. The van der Waals surface area contributed by atoms with Gasteiger partial charge in [0, 0.05) is 11.5 Å². The van der Waals surface area contributed by atoms with Crippen LogP contribution in [0.3, 0.4) is 0 Å². The molecule has 0 radical (unpaired) electrons. The highest BCUT2D eigenvalue weighted by molar-refractivity contribution is 6.07. The zero-order valence-electron chi connectivity index (χ0n) is 15.5.